The van der Waals surface area contributed by atoms with Crippen molar-refractivity contribution in [1.29, 1.82) is 0 Å². The smallest absolute Gasteiger partial charge is 0.262 e. The van der Waals surface area contributed by atoms with E-state index in [0.29, 0.717) is 5.75 Å². The van der Waals surface area contributed by atoms with E-state index in [1.165, 1.54) is 0 Å². The first-order chi connectivity index (χ1) is 13.9. The summed E-state index contributed by atoms with van der Waals surface area (Å²) in [4.78, 5) is 17.7. The fourth-order valence-electron chi connectivity index (χ4n) is 3.54. The molecule has 0 unspecified atom stereocenters. The summed E-state index contributed by atoms with van der Waals surface area (Å²) in [5.41, 5.74) is 4.03. The molecule has 2 aromatic rings. The highest BCUT2D eigenvalue weighted by Crippen LogP contribution is 2.17. The monoisotopic (exact) mass is 411 g/mol. The Morgan fingerprint density at radius 2 is 1.66 bits per heavy atom. The Balaban J connectivity index is 1.50. The predicted molar refractivity (Wildman–Crippen MR) is 122 cm³/mol. The number of nitrogens with one attached hydrogen (secondary N) is 1. The van der Waals surface area contributed by atoms with Crippen LogP contribution in [-0.2, 0) is 4.79 Å². The first kappa shape index (κ1) is 21.3. The van der Waals surface area contributed by atoms with Crippen molar-refractivity contribution in [3.8, 4) is 5.75 Å². The number of benzene rings is 2. The molecule has 0 aliphatic carbocycles. The largest absolute Gasteiger partial charge is 0.484 e. The number of thiocarbonyl (C=S) groups is 1. The Morgan fingerprint density at radius 3 is 2.24 bits per heavy atom. The number of hydrogen-bond donors (Lipinski definition) is 1. The minimum absolute atomic E-state index is 0.0320. The summed E-state index contributed by atoms with van der Waals surface area (Å²) in [6.45, 7) is 11.3. The standard InChI is InChI=1S/C23H29N3O2S/c1-4-25-9-11-26(12-10-25)23(29)19-5-7-21(8-6-19)28-16-22(27)24-20-14-17(2)13-18(3)15-20/h5-8,13-15H,4,9-12,16H2,1-3H3,(H,24,27). The van der Waals surface area contributed by atoms with Crippen molar-refractivity contribution < 1.29 is 9.53 Å². The third-order valence-corrected chi connectivity index (χ3v) is 5.58. The second-order valence-electron chi connectivity index (χ2n) is 7.46. The number of likely N-dealkylation sites (N-methyl/N-ethyl adjacent to an activating group) is 1. The molecule has 1 N–H and O–H groups in total. The van der Waals surface area contributed by atoms with Crippen LogP contribution in [0, 0.1) is 13.8 Å². The Hall–Kier alpha value is -2.44. The maximum atomic E-state index is 12.2. The molecular weight excluding hydrogens is 382 g/mol. The number of carbonyl (C=O) groups excluding carboxylic acids is 1. The lowest BCUT2D eigenvalue weighted by molar-refractivity contribution is -0.118. The van der Waals surface area contributed by atoms with E-state index in [2.05, 4.69) is 28.1 Å². The van der Waals surface area contributed by atoms with Gasteiger partial charge in [-0.3, -0.25) is 4.79 Å². The zero-order valence-electron chi connectivity index (χ0n) is 17.4. The van der Waals surface area contributed by atoms with E-state index >= 15 is 0 Å². The molecule has 1 saturated heterocycles. The molecule has 154 valence electrons. The second-order valence-corrected chi connectivity index (χ2v) is 7.85. The van der Waals surface area contributed by atoms with Crippen molar-refractivity contribution in [3.63, 3.8) is 0 Å². The normalized spacial score (nSPS) is 14.5. The van der Waals surface area contributed by atoms with Crippen molar-refractivity contribution in [2.24, 2.45) is 0 Å². The maximum Gasteiger partial charge on any atom is 0.262 e. The molecule has 0 spiro atoms. The highest BCUT2D eigenvalue weighted by Gasteiger charge is 2.18. The minimum atomic E-state index is -0.177. The Morgan fingerprint density at radius 1 is 1.03 bits per heavy atom. The summed E-state index contributed by atoms with van der Waals surface area (Å²) in [7, 11) is 0. The van der Waals surface area contributed by atoms with Gasteiger partial charge in [-0.1, -0.05) is 25.2 Å². The molecule has 29 heavy (non-hydrogen) atoms. The van der Waals surface area contributed by atoms with Crippen molar-refractivity contribution in [2.75, 3.05) is 44.6 Å². The average molecular weight is 412 g/mol. The topological polar surface area (TPSA) is 44.8 Å². The number of hydrogen-bond acceptors (Lipinski definition) is 4. The fourth-order valence-corrected chi connectivity index (χ4v) is 3.85. The van der Waals surface area contributed by atoms with Gasteiger partial charge in [0.1, 0.15) is 10.7 Å². The highest BCUT2D eigenvalue weighted by molar-refractivity contribution is 7.80. The van der Waals surface area contributed by atoms with Crippen molar-refractivity contribution in [2.45, 2.75) is 20.8 Å². The molecular formula is C23H29N3O2S. The summed E-state index contributed by atoms with van der Waals surface area (Å²) in [5.74, 6) is 0.478. The van der Waals surface area contributed by atoms with Gasteiger partial charge in [0, 0.05) is 37.4 Å². The van der Waals surface area contributed by atoms with E-state index in [1.807, 2.05) is 50.2 Å². The molecule has 1 fully saturated rings. The third kappa shape index (κ3) is 6.02. The molecule has 1 amide bonds. The van der Waals surface area contributed by atoms with Crippen LogP contribution < -0.4 is 10.1 Å². The molecule has 5 nitrogen and oxygen atoms in total. The zero-order chi connectivity index (χ0) is 20.8. The van der Waals surface area contributed by atoms with Gasteiger partial charge in [-0.25, -0.2) is 0 Å². The van der Waals surface area contributed by atoms with Crippen LogP contribution in [0.4, 0.5) is 5.69 Å². The average Bonchev–Trinajstić information content (AvgIpc) is 2.71. The molecule has 6 heteroatoms. The predicted octanol–water partition coefficient (Wildman–Crippen LogP) is 3.63. The highest BCUT2D eigenvalue weighted by atomic mass is 32.1. The van der Waals surface area contributed by atoms with E-state index < -0.39 is 0 Å². The first-order valence-electron chi connectivity index (χ1n) is 10.1. The van der Waals surface area contributed by atoms with Crippen LogP contribution in [0.5, 0.6) is 5.75 Å². The van der Waals surface area contributed by atoms with Gasteiger partial charge in [-0.05, 0) is 67.9 Å². The van der Waals surface area contributed by atoms with Crippen LogP contribution in [0.25, 0.3) is 0 Å². The van der Waals surface area contributed by atoms with E-state index in [4.69, 9.17) is 17.0 Å². The third-order valence-electron chi connectivity index (χ3n) is 5.08. The van der Waals surface area contributed by atoms with Gasteiger partial charge in [0.2, 0.25) is 0 Å². The molecule has 1 aliphatic rings. The lowest BCUT2D eigenvalue weighted by Gasteiger charge is -2.35. The van der Waals surface area contributed by atoms with Gasteiger partial charge in [0.05, 0.1) is 0 Å². The van der Waals surface area contributed by atoms with Gasteiger partial charge < -0.3 is 19.9 Å². The van der Waals surface area contributed by atoms with E-state index in [0.717, 1.165) is 60.1 Å². The molecule has 0 saturated carbocycles. The summed E-state index contributed by atoms with van der Waals surface area (Å²) < 4.78 is 5.63. The molecule has 3 rings (SSSR count). The van der Waals surface area contributed by atoms with Gasteiger partial charge >= 0.3 is 0 Å². The van der Waals surface area contributed by atoms with Crippen LogP contribution in [0.1, 0.15) is 23.6 Å². The van der Waals surface area contributed by atoms with E-state index in [-0.39, 0.29) is 12.5 Å². The quantitative estimate of drug-likeness (QED) is 0.736. The Kier molecular flexibility index (Phi) is 7.23. The Bertz CT molecular complexity index is 839. The van der Waals surface area contributed by atoms with Crippen molar-refractivity contribution in [1.82, 2.24) is 9.80 Å². The molecule has 0 radical (unpaired) electrons. The number of carbonyl (C=O) groups is 1. The van der Waals surface area contributed by atoms with Crippen molar-refractivity contribution in [3.05, 3.63) is 59.2 Å². The number of aryl methyl sites for hydroxylation is 2. The van der Waals surface area contributed by atoms with Gasteiger partial charge in [-0.15, -0.1) is 0 Å². The SMILES string of the molecule is CCN1CCN(C(=S)c2ccc(OCC(=O)Nc3cc(C)cc(C)c3)cc2)CC1. The zero-order valence-corrected chi connectivity index (χ0v) is 18.2. The minimum Gasteiger partial charge on any atom is -0.484 e. The van der Waals surface area contributed by atoms with Crippen LogP contribution in [-0.4, -0.2) is 60.0 Å². The first-order valence-corrected chi connectivity index (χ1v) is 10.5. The van der Waals surface area contributed by atoms with Gasteiger partial charge in [-0.2, -0.15) is 0 Å². The van der Waals surface area contributed by atoms with Crippen LogP contribution in [0.2, 0.25) is 0 Å². The maximum absolute atomic E-state index is 12.2. The van der Waals surface area contributed by atoms with Gasteiger partial charge in [0.25, 0.3) is 5.91 Å². The summed E-state index contributed by atoms with van der Waals surface area (Å²) in [6.07, 6.45) is 0. The van der Waals surface area contributed by atoms with Crippen LogP contribution in [0.15, 0.2) is 42.5 Å². The lowest BCUT2D eigenvalue weighted by atomic mass is 10.1. The molecule has 1 heterocycles. The number of ether oxygens (including phenoxy) is 1. The summed E-state index contributed by atoms with van der Waals surface area (Å²) >= 11 is 5.66. The number of nitrogens with zero attached hydrogens (tertiary/aromatic N) is 2. The summed E-state index contributed by atoms with van der Waals surface area (Å²) in [5, 5.41) is 2.88. The molecule has 0 atom stereocenters. The van der Waals surface area contributed by atoms with E-state index in [1.54, 1.807) is 0 Å². The van der Waals surface area contributed by atoms with Gasteiger partial charge in [0.15, 0.2) is 6.61 Å². The molecule has 0 aromatic heterocycles. The summed E-state index contributed by atoms with van der Waals surface area (Å²) in [6, 6.07) is 13.6. The molecule has 0 bridgehead atoms. The fraction of sp³-hybridized carbons (Fsp3) is 0.391. The number of rotatable bonds is 6. The van der Waals surface area contributed by atoms with Crippen molar-refractivity contribution >= 4 is 28.8 Å². The lowest BCUT2D eigenvalue weighted by Crippen LogP contribution is -2.48. The molecule has 2 aromatic carbocycles. The molecule has 1 aliphatic heterocycles. The number of piperazine rings is 1. The number of amides is 1. The Labute approximate surface area is 178 Å². The van der Waals surface area contributed by atoms with E-state index in [9.17, 15) is 4.79 Å². The second kappa shape index (κ2) is 9.85. The van der Waals surface area contributed by atoms with Crippen LogP contribution >= 0.6 is 12.2 Å². The van der Waals surface area contributed by atoms with Crippen LogP contribution in [0.3, 0.4) is 0 Å². The number of anilines is 1.